The molecule has 6 nitrogen and oxygen atoms in total. The van der Waals surface area contributed by atoms with Crippen LogP contribution in [-0.4, -0.2) is 72.1 Å². The molecule has 29 heavy (non-hydrogen) atoms. The van der Waals surface area contributed by atoms with Crippen molar-refractivity contribution < 1.29 is 8.42 Å². The van der Waals surface area contributed by atoms with Gasteiger partial charge in [-0.1, -0.05) is 28.1 Å². The van der Waals surface area contributed by atoms with E-state index in [0.29, 0.717) is 6.54 Å². The van der Waals surface area contributed by atoms with Crippen molar-refractivity contribution in [3.8, 4) is 0 Å². The molecule has 0 unspecified atom stereocenters. The van der Waals surface area contributed by atoms with Gasteiger partial charge in [-0.3, -0.25) is 4.90 Å². The molecule has 2 aromatic carbocycles. The van der Waals surface area contributed by atoms with Crippen molar-refractivity contribution in [3.63, 3.8) is 0 Å². The van der Waals surface area contributed by atoms with Crippen molar-refractivity contribution in [2.45, 2.75) is 10.9 Å². The van der Waals surface area contributed by atoms with Crippen molar-refractivity contribution in [1.82, 2.24) is 14.5 Å². The van der Waals surface area contributed by atoms with E-state index in [1.54, 1.807) is 24.3 Å². The first kappa shape index (κ1) is 22.2. The number of anilines is 1. The number of likely N-dealkylation sites (N-methyl/N-ethyl adjacent to an activating group) is 1. The number of benzene rings is 2. The molecule has 1 atom stereocenters. The molecule has 1 aliphatic rings. The van der Waals surface area contributed by atoms with Crippen molar-refractivity contribution in [2.24, 2.45) is 0 Å². The van der Waals surface area contributed by atoms with Gasteiger partial charge < -0.3 is 9.80 Å². The summed E-state index contributed by atoms with van der Waals surface area (Å²) in [7, 11) is 2.58. The number of sulfonamides is 1. The zero-order valence-electron chi connectivity index (χ0n) is 17.2. The summed E-state index contributed by atoms with van der Waals surface area (Å²) in [6.45, 7) is 4.12. The first-order valence-electron chi connectivity index (χ1n) is 9.71. The quantitative estimate of drug-likeness (QED) is 0.660. The fraction of sp³-hybridized carbons (Fsp3) is 0.429. The van der Waals surface area contributed by atoms with Crippen LogP contribution in [0.3, 0.4) is 0 Å². The van der Waals surface area contributed by atoms with E-state index >= 15 is 0 Å². The first-order chi connectivity index (χ1) is 13.8. The number of rotatable bonds is 7. The van der Waals surface area contributed by atoms with E-state index < -0.39 is 10.0 Å². The molecule has 0 saturated carbocycles. The van der Waals surface area contributed by atoms with Crippen molar-refractivity contribution in [1.29, 1.82) is 0 Å². The summed E-state index contributed by atoms with van der Waals surface area (Å²) < 4.78 is 29.3. The largest absolute Gasteiger partial charge is 0.378 e. The van der Waals surface area contributed by atoms with Gasteiger partial charge in [0.05, 0.1) is 4.90 Å². The third-order valence-corrected chi connectivity index (χ3v) is 7.33. The van der Waals surface area contributed by atoms with Gasteiger partial charge in [0, 0.05) is 63.0 Å². The summed E-state index contributed by atoms with van der Waals surface area (Å²) in [6.07, 6.45) is 0. The molecular formula is C21H29BrN4O2S. The highest BCUT2D eigenvalue weighted by Gasteiger charge is 2.26. The Morgan fingerprint density at radius 2 is 1.59 bits per heavy atom. The summed E-state index contributed by atoms with van der Waals surface area (Å²) in [5, 5.41) is 0. The molecule has 158 valence electrons. The number of hydrogen-bond donors (Lipinski definition) is 1. The van der Waals surface area contributed by atoms with E-state index in [0.717, 1.165) is 41.9 Å². The lowest BCUT2D eigenvalue weighted by Gasteiger charge is -2.38. The molecule has 0 radical (unpaired) electrons. The Morgan fingerprint density at radius 3 is 2.14 bits per heavy atom. The molecule has 3 rings (SSSR count). The minimum Gasteiger partial charge on any atom is -0.378 e. The predicted octanol–water partition coefficient (Wildman–Crippen LogP) is 2.78. The Labute approximate surface area is 182 Å². The molecule has 0 amide bonds. The van der Waals surface area contributed by atoms with Crippen LogP contribution in [0.5, 0.6) is 0 Å². The minimum absolute atomic E-state index is 0.00913. The van der Waals surface area contributed by atoms with Crippen molar-refractivity contribution in [3.05, 3.63) is 58.6 Å². The maximum absolute atomic E-state index is 12.8. The van der Waals surface area contributed by atoms with E-state index in [9.17, 15) is 8.42 Å². The molecule has 1 fully saturated rings. The van der Waals surface area contributed by atoms with Gasteiger partial charge in [0.1, 0.15) is 0 Å². The molecule has 8 heteroatoms. The topological polar surface area (TPSA) is 55.9 Å². The van der Waals surface area contributed by atoms with Gasteiger partial charge in [0.15, 0.2) is 0 Å². The van der Waals surface area contributed by atoms with Gasteiger partial charge in [-0.05, 0) is 49.0 Å². The highest BCUT2D eigenvalue weighted by atomic mass is 79.9. The summed E-state index contributed by atoms with van der Waals surface area (Å²) in [4.78, 5) is 7.01. The number of nitrogens with zero attached hydrogens (tertiary/aromatic N) is 3. The number of hydrogen-bond acceptors (Lipinski definition) is 5. The molecule has 0 spiro atoms. The van der Waals surface area contributed by atoms with Crippen LogP contribution in [0.15, 0.2) is 57.9 Å². The second-order valence-electron chi connectivity index (χ2n) is 7.65. The highest BCUT2D eigenvalue weighted by molar-refractivity contribution is 9.10. The zero-order chi connectivity index (χ0) is 21.0. The molecule has 0 bridgehead atoms. The lowest BCUT2D eigenvalue weighted by atomic mass is 10.0. The van der Waals surface area contributed by atoms with Crippen LogP contribution in [0.4, 0.5) is 5.69 Å². The highest BCUT2D eigenvalue weighted by Crippen LogP contribution is 2.25. The second kappa shape index (κ2) is 9.57. The summed E-state index contributed by atoms with van der Waals surface area (Å²) >= 11 is 3.35. The molecule has 1 N–H and O–H groups in total. The maximum Gasteiger partial charge on any atom is 0.240 e. The van der Waals surface area contributed by atoms with E-state index in [1.807, 2.05) is 14.1 Å². The van der Waals surface area contributed by atoms with Gasteiger partial charge in [-0.15, -0.1) is 0 Å². The maximum atomic E-state index is 12.8. The van der Waals surface area contributed by atoms with Crippen molar-refractivity contribution in [2.75, 3.05) is 58.8 Å². The van der Waals surface area contributed by atoms with Gasteiger partial charge in [-0.2, -0.15) is 0 Å². The lowest BCUT2D eigenvalue weighted by molar-refractivity contribution is 0.113. The minimum atomic E-state index is -3.57. The van der Waals surface area contributed by atoms with Crippen LogP contribution in [0.1, 0.15) is 11.6 Å². The predicted molar refractivity (Wildman–Crippen MR) is 122 cm³/mol. The normalized spacial score (nSPS) is 17.2. The third-order valence-electron chi connectivity index (χ3n) is 5.36. The molecule has 1 saturated heterocycles. The smallest absolute Gasteiger partial charge is 0.240 e. The SMILES string of the molecule is CN1CCN([C@H](CNS(=O)(=O)c2ccc(Br)cc2)c2ccc(N(C)C)cc2)CC1. The molecule has 0 aromatic heterocycles. The van der Waals surface area contributed by atoms with Crippen LogP contribution in [0.25, 0.3) is 0 Å². The molecule has 2 aromatic rings. The van der Waals surface area contributed by atoms with E-state index in [-0.39, 0.29) is 10.9 Å². The molecule has 1 aliphatic heterocycles. The number of piperazine rings is 1. The monoisotopic (exact) mass is 480 g/mol. The van der Waals surface area contributed by atoms with Crippen LogP contribution >= 0.6 is 15.9 Å². The van der Waals surface area contributed by atoms with Crippen LogP contribution < -0.4 is 9.62 Å². The second-order valence-corrected chi connectivity index (χ2v) is 10.3. The van der Waals surface area contributed by atoms with Gasteiger partial charge in [0.2, 0.25) is 10.0 Å². The average molecular weight is 481 g/mol. The Balaban J connectivity index is 1.80. The van der Waals surface area contributed by atoms with Gasteiger partial charge in [0.25, 0.3) is 0 Å². The Hall–Kier alpha value is -1.45. The summed E-state index contributed by atoms with van der Waals surface area (Å²) in [5.41, 5.74) is 2.25. The first-order valence-corrected chi connectivity index (χ1v) is 12.0. The number of nitrogens with one attached hydrogen (secondary N) is 1. The lowest BCUT2D eigenvalue weighted by Crippen LogP contribution is -2.48. The van der Waals surface area contributed by atoms with E-state index in [1.165, 1.54) is 0 Å². The van der Waals surface area contributed by atoms with Crippen LogP contribution in [-0.2, 0) is 10.0 Å². The summed E-state index contributed by atoms with van der Waals surface area (Å²) in [5.74, 6) is 0. The van der Waals surface area contributed by atoms with E-state index in [4.69, 9.17) is 0 Å². The van der Waals surface area contributed by atoms with Crippen LogP contribution in [0.2, 0.25) is 0 Å². The van der Waals surface area contributed by atoms with Crippen molar-refractivity contribution >= 4 is 31.6 Å². The average Bonchev–Trinajstić information content (AvgIpc) is 2.70. The Morgan fingerprint density at radius 1 is 1.00 bits per heavy atom. The standard InChI is InChI=1S/C21H29BrN4O2S/c1-24(2)19-8-4-17(5-9-19)21(26-14-12-25(3)13-15-26)16-23-29(27,28)20-10-6-18(22)7-11-20/h4-11,21,23H,12-16H2,1-3H3/t21-/m1/s1. The number of halogens is 1. The third kappa shape index (κ3) is 5.79. The van der Waals surface area contributed by atoms with Crippen LogP contribution in [0, 0.1) is 0 Å². The van der Waals surface area contributed by atoms with E-state index in [2.05, 4.69) is 66.7 Å². The Bertz CT molecular complexity index is 893. The molecular weight excluding hydrogens is 452 g/mol. The Kier molecular flexibility index (Phi) is 7.34. The van der Waals surface area contributed by atoms with Gasteiger partial charge >= 0.3 is 0 Å². The van der Waals surface area contributed by atoms with Gasteiger partial charge in [-0.25, -0.2) is 13.1 Å². The zero-order valence-corrected chi connectivity index (χ0v) is 19.6. The fourth-order valence-electron chi connectivity index (χ4n) is 3.47. The molecule has 0 aliphatic carbocycles. The summed E-state index contributed by atoms with van der Waals surface area (Å²) in [6, 6.07) is 15.1. The molecule has 1 heterocycles. The fourth-order valence-corrected chi connectivity index (χ4v) is 4.77.